The smallest absolute Gasteiger partial charge is 0.156 e. The minimum Gasteiger partial charge on any atom is -0.354 e. The lowest BCUT2D eigenvalue weighted by atomic mass is 10.2. The molecule has 1 saturated heterocycles. The van der Waals surface area contributed by atoms with Crippen molar-refractivity contribution in [1.29, 1.82) is 0 Å². The van der Waals surface area contributed by atoms with Crippen LogP contribution in [-0.2, 0) is 9.84 Å². The zero-order chi connectivity index (χ0) is 13.6. The van der Waals surface area contributed by atoms with Crippen molar-refractivity contribution in [3.05, 3.63) is 17.3 Å². The van der Waals surface area contributed by atoms with Crippen molar-refractivity contribution in [2.75, 3.05) is 23.7 Å². The Bertz CT molecular complexity index is 724. The molecule has 1 aliphatic rings. The summed E-state index contributed by atoms with van der Waals surface area (Å²) in [6, 6.07) is 0. The predicted octanol–water partition coefficient (Wildman–Crippen LogP) is 1.62. The van der Waals surface area contributed by atoms with Crippen molar-refractivity contribution < 1.29 is 8.42 Å². The van der Waals surface area contributed by atoms with Gasteiger partial charge in [-0.1, -0.05) is 0 Å². The van der Waals surface area contributed by atoms with Gasteiger partial charge in [-0.2, -0.15) is 0 Å². The average molecular weight is 297 g/mol. The summed E-state index contributed by atoms with van der Waals surface area (Å²) in [6.45, 7) is 4.81. The van der Waals surface area contributed by atoms with Crippen LogP contribution in [0.1, 0.15) is 12.5 Å². The van der Waals surface area contributed by atoms with Crippen molar-refractivity contribution >= 4 is 37.2 Å². The first-order valence-corrected chi connectivity index (χ1v) is 8.74. The van der Waals surface area contributed by atoms with Gasteiger partial charge in [-0.15, -0.1) is 11.3 Å². The molecule has 2 aromatic heterocycles. The average Bonchev–Trinajstić information content (AvgIpc) is 2.75. The molecule has 0 spiro atoms. The molecular weight excluding hydrogens is 282 g/mol. The molecule has 0 N–H and O–H groups in total. The SMILES string of the molecule is Cc1csc2ncnc(N3CCS(=O)(=O)C(C)C3)c12. The lowest BCUT2D eigenvalue weighted by Crippen LogP contribution is -2.46. The molecule has 5 nitrogen and oxygen atoms in total. The van der Waals surface area contributed by atoms with E-state index in [9.17, 15) is 8.42 Å². The molecule has 1 fully saturated rings. The van der Waals surface area contributed by atoms with E-state index >= 15 is 0 Å². The predicted molar refractivity (Wildman–Crippen MR) is 77.6 cm³/mol. The summed E-state index contributed by atoms with van der Waals surface area (Å²) in [6.07, 6.45) is 1.56. The fourth-order valence-corrected chi connectivity index (χ4v) is 4.55. The largest absolute Gasteiger partial charge is 0.354 e. The zero-order valence-electron chi connectivity index (χ0n) is 10.8. The van der Waals surface area contributed by atoms with E-state index in [2.05, 4.69) is 20.2 Å². The normalized spacial score (nSPS) is 22.8. The van der Waals surface area contributed by atoms with Gasteiger partial charge >= 0.3 is 0 Å². The number of aryl methyl sites for hydroxylation is 1. The first kappa shape index (κ1) is 12.8. The Hall–Kier alpha value is -1.21. The van der Waals surface area contributed by atoms with Crippen LogP contribution in [0.15, 0.2) is 11.7 Å². The maximum absolute atomic E-state index is 11.8. The Kier molecular flexibility index (Phi) is 2.98. The second kappa shape index (κ2) is 4.42. The first-order chi connectivity index (χ1) is 8.99. The van der Waals surface area contributed by atoms with Gasteiger partial charge in [-0.3, -0.25) is 0 Å². The van der Waals surface area contributed by atoms with Gasteiger partial charge in [0.1, 0.15) is 17.0 Å². The molecule has 3 rings (SSSR count). The highest BCUT2D eigenvalue weighted by atomic mass is 32.2. The summed E-state index contributed by atoms with van der Waals surface area (Å²) in [5.41, 5.74) is 1.15. The highest BCUT2D eigenvalue weighted by molar-refractivity contribution is 7.92. The topological polar surface area (TPSA) is 63.2 Å². The van der Waals surface area contributed by atoms with E-state index in [1.165, 1.54) is 0 Å². The lowest BCUT2D eigenvalue weighted by molar-refractivity contribution is 0.569. The van der Waals surface area contributed by atoms with Gasteiger partial charge in [0.25, 0.3) is 0 Å². The van der Waals surface area contributed by atoms with Gasteiger partial charge in [0.2, 0.25) is 0 Å². The molecule has 19 heavy (non-hydrogen) atoms. The summed E-state index contributed by atoms with van der Waals surface area (Å²) in [5, 5.41) is 2.77. The third-order valence-corrected chi connectivity index (χ3v) is 6.70. The van der Waals surface area contributed by atoms with Crippen LogP contribution >= 0.6 is 11.3 Å². The van der Waals surface area contributed by atoms with Crippen LogP contribution in [-0.4, -0.2) is 42.5 Å². The van der Waals surface area contributed by atoms with E-state index in [1.807, 2.05) is 6.92 Å². The van der Waals surface area contributed by atoms with E-state index in [1.54, 1.807) is 24.6 Å². The van der Waals surface area contributed by atoms with Crippen LogP contribution in [0.25, 0.3) is 10.2 Å². The van der Waals surface area contributed by atoms with Crippen molar-refractivity contribution in [2.45, 2.75) is 19.1 Å². The summed E-state index contributed by atoms with van der Waals surface area (Å²) in [7, 11) is -2.93. The quantitative estimate of drug-likeness (QED) is 0.800. The molecule has 7 heteroatoms. The highest BCUT2D eigenvalue weighted by Crippen LogP contribution is 2.31. The maximum atomic E-state index is 11.8. The number of nitrogens with zero attached hydrogens (tertiary/aromatic N) is 3. The van der Waals surface area contributed by atoms with Crippen LogP contribution < -0.4 is 4.90 Å². The van der Waals surface area contributed by atoms with Crippen LogP contribution in [0.5, 0.6) is 0 Å². The molecule has 102 valence electrons. The van der Waals surface area contributed by atoms with Crippen LogP contribution in [0.4, 0.5) is 5.82 Å². The van der Waals surface area contributed by atoms with Gasteiger partial charge in [0.15, 0.2) is 9.84 Å². The molecule has 1 atom stereocenters. The molecule has 0 aromatic carbocycles. The number of thiophene rings is 1. The van der Waals surface area contributed by atoms with E-state index in [0.717, 1.165) is 21.6 Å². The Morgan fingerprint density at radius 1 is 1.42 bits per heavy atom. The summed E-state index contributed by atoms with van der Waals surface area (Å²) in [5.74, 6) is 1.06. The molecule has 2 aromatic rings. The van der Waals surface area contributed by atoms with Gasteiger partial charge in [-0.05, 0) is 24.8 Å². The Morgan fingerprint density at radius 3 is 2.95 bits per heavy atom. The lowest BCUT2D eigenvalue weighted by Gasteiger charge is -2.32. The number of aromatic nitrogens is 2. The zero-order valence-corrected chi connectivity index (χ0v) is 12.5. The number of fused-ring (bicyclic) bond motifs is 1. The molecule has 1 unspecified atom stereocenters. The Morgan fingerprint density at radius 2 is 2.21 bits per heavy atom. The Labute approximate surface area is 116 Å². The third kappa shape index (κ3) is 2.10. The van der Waals surface area contributed by atoms with Gasteiger partial charge in [0.05, 0.1) is 16.4 Å². The fraction of sp³-hybridized carbons (Fsp3) is 0.500. The minimum atomic E-state index is -2.93. The number of hydrogen-bond acceptors (Lipinski definition) is 6. The molecular formula is C12H15N3O2S2. The van der Waals surface area contributed by atoms with Gasteiger partial charge in [0, 0.05) is 13.1 Å². The van der Waals surface area contributed by atoms with Crippen LogP contribution in [0.2, 0.25) is 0 Å². The summed E-state index contributed by atoms with van der Waals surface area (Å²) >= 11 is 1.60. The Balaban J connectivity index is 2.04. The minimum absolute atomic E-state index is 0.197. The van der Waals surface area contributed by atoms with Gasteiger partial charge < -0.3 is 4.90 Å². The van der Waals surface area contributed by atoms with Gasteiger partial charge in [-0.25, -0.2) is 18.4 Å². The maximum Gasteiger partial charge on any atom is 0.156 e. The van der Waals surface area contributed by atoms with Crippen LogP contribution in [0.3, 0.4) is 0 Å². The summed E-state index contributed by atoms with van der Waals surface area (Å²) in [4.78, 5) is 11.7. The standard InChI is InChI=1S/C12H15N3O2S2/c1-8-6-18-12-10(8)11(13-7-14-12)15-3-4-19(16,17)9(2)5-15/h6-7,9H,3-5H2,1-2H3. The van der Waals surface area contributed by atoms with Crippen LogP contribution in [0, 0.1) is 6.92 Å². The monoisotopic (exact) mass is 297 g/mol. The second-order valence-corrected chi connectivity index (χ2v) is 8.32. The number of sulfone groups is 1. The van der Waals surface area contributed by atoms with Crippen molar-refractivity contribution in [2.24, 2.45) is 0 Å². The fourth-order valence-electron chi connectivity index (χ4n) is 2.38. The van der Waals surface area contributed by atoms with Crippen molar-refractivity contribution in [3.8, 4) is 0 Å². The van der Waals surface area contributed by atoms with E-state index in [4.69, 9.17) is 0 Å². The molecule has 0 bridgehead atoms. The van der Waals surface area contributed by atoms with E-state index in [0.29, 0.717) is 13.1 Å². The highest BCUT2D eigenvalue weighted by Gasteiger charge is 2.31. The molecule has 3 heterocycles. The number of rotatable bonds is 1. The molecule has 0 radical (unpaired) electrons. The summed E-state index contributed by atoms with van der Waals surface area (Å²) < 4.78 is 23.6. The van der Waals surface area contributed by atoms with E-state index in [-0.39, 0.29) is 11.0 Å². The number of anilines is 1. The molecule has 1 aliphatic heterocycles. The molecule has 0 saturated carbocycles. The third-order valence-electron chi connectivity index (χ3n) is 3.57. The molecule has 0 aliphatic carbocycles. The second-order valence-electron chi connectivity index (χ2n) is 4.92. The van der Waals surface area contributed by atoms with E-state index < -0.39 is 9.84 Å². The first-order valence-electron chi connectivity index (χ1n) is 6.14. The van der Waals surface area contributed by atoms with Crippen molar-refractivity contribution in [3.63, 3.8) is 0 Å². The number of hydrogen-bond donors (Lipinski definition) is 0. The molecule has 0 amide bonds. The van der Waals surface area contributed by atoms with Crippen molar-refractivity contribution in [1.82, 2.24) is 9.97 Å².